The number of halogens is 4. The lowest BCUT2D eigenvalue weighted by Gasteiger charge is -2.38. The van der Waals surface area contributed by atoms with Crippen LogP contribution >= 0.6 is 0 Å². The number of aliphatic hydroxyl groups is 1. The number of alkyl halides is 3. The normalized spacial score (nSPS) is 15.0. The molecule has 2 rings (SSSR count). The molecule has 2 N–H and O–H groups in total. The molecular formula is C18H19F4NO2. The maximum Gasteiger partial charge on any atom is 0.417 e. The Hall–Kier alpha value is -2.15. The summed E-state index contributed by atoms with van der Waals surface area (Å²) >= 11 is 0. The van der Waals surface area contributed by atoms with Crippen molar-refractivity contribution in [2.45, 2.75) is 43.9 Å². The number of nitrogens with zero attached hydrogens (tertiary/aromatic N) is 1. The Morgan fingerprint density at radius 3 is 2.32 bits per heavy atom. The van der Waals surface area contributed by atoms with Gasteiger partial charge >= 0.3 is 6.18 Å². The summed E-state index contributed by atoms with van der Waals surface area (Å²) in [6.07, 6.45) is -5.09. The number of hydrogen-bond donors (Lipinski definition) is 2. The lowest BCUT2D eigenvalue weighted by Crippen LogP contribution is -2.51. The fourth-order valence-electron chi connectivity index (χ4n) is 2.94. The van der Waals surface area contributed by atoms with Crippen LogP contribution in [0, 0.1) is 5.82 Å². The predicted molar refractivity (Wildman–Crippen MR) is 84.7 cm³/mol. The van der Waals surface area contributed by atoms with E-state index in [2.05, 4.69) is 4.98 Å². The van der Waals surface area contributed by atoms with Gasteiger partial charge in [-0.1, -0.05) is 19.9 Å². The monoisotopic (exact) mass is 357 g/mol. The van der Waals surface area contributed by atoms with Gasteiger partial charge in [0, 0.05) is 23.9 Å². The Morgan fingerprint density at radius 2 is 1.76 bits per heavy atom. The minimum absolute atomic E-state index is 0.00352. The molecule has 0 aliphatic heterocycles. The number of pyridine rings is 1. The number of aromatic hydroxyl groups is 1. The van der Waals surface area contributed by atoms with Gasteiger partial charge in [-0.05, 0) is 42.2 Å². The summed E-state index contributed by atoms with van der Waals surface area (Å²) in [5.41, 5.74) is -4.34. The van der Waals surface area contributed by atoms with E-state index < -0.39 is 35.9 Å². The van der Waals surface area contributed by atoms with Gasteiger partial charge in [0.05, 0.1) is 0 Å². The van der Waals surface area contributed by atoms with Gasteiger partial charge in [-0.3, -0.25) is 4.98 Å². The van der Waals surface area contributed by atoms with Gasteiger partial charge in [0.15, 0.2) is 5.60 Å². The number of phenols is 1. The first-order chi connectivity index (χ1) is 11.4. The molecule has 1 aromatic carbocycles. The molecule has 0 amide bonds. The van der Waals surface area contributed by atoms with Gasteiger partial charge in [-0.15, -0.1) is 0 Å². The van der Waals surface area contributed by atoms with Crippen molar-refractivity contribution in [1.29, 1.82) is 0 Å². The Morgan fingerprint density at radius 1 is 1.08 bits per heavy atom. The van der Waals surface area contributed by atoms with Gasteiger partial charge in [0.1, 0.15) is 11.6 Å². The summed E-state index contributed by atoms with van der Waals surface area (Å²) < 4.78 is 54.3. The second-order valence-electron chi connectivity index (χ2n) is 6.75. The van der Waals surface area contributed by atoms with Crippen LogP contribution < -0.4 is 0 Å². The number of benzene rings is 1. The van der Waals surface area contributed by atoms with E-state index >= 15 is 0 Å². The summed E-state index contributed by atoms with van der Waals surface area (Å²) in [5.74, 6) is -1.00. The van der Waals surface area contributed by atoms with Gasteiger partial charge in [-0.2, -0.15) is 13.2 Å². The standard InChI is InChI=1S/C18H19F4NO2/c1-16(2,14-9-12(19)6-7-15(14)24)11-17(25,18(20,21)22)10-13-5-3-4-8-23-13/h3-9,24-25H,10-11H2,1-2H3. The lowest BCUT2D eigenvalue weighted by atomic mass is 9.73. The molecule has 0 fully saturated rings. The van der Waals surface area contributed by atoms with Crippen LogP contribution in [-0.4, -0.2) is 27.0 Å². The van der Waals surface area contributed by atoms with Crippen molar-refractivity contribution in [1.82, 2.24) is 4.98 Å². The molecule has 2 aromatic rings. The molecule has 0 saturated heterocycles. The highest BCUT2D eigenvalue weighted by atomic mass is 19.4. The number of aromatic nitrogens is 1. The van der Waals surface area contributed by atoms with Gasteiger partial charge in [0.25, 0.3) is 0 Å². The van der Waals surface area contributed by atoms with Crippen molar-refractivity contribution >= 4 is 0 Å². The first-order valence-electron chi connectivity index (χ1n) is 7.63. The summed E-state index contributed by atoms with van der Waals surface area (Å²) in [7, 11) is 0. The SMILES string of the molecule is CC(C)(CC(O)(Cc1ccccn1)C(F)(F)F)c1cc(F)ccc1O. The first-order valence-corrected chi connectivity index (χ1v) is 7.63. The highest BCUT2D eigenvalue weighted by Gasteiger charge is 2.56. The average molecular weight is 357 g/mol. The highest BCUT2D eigenvalue weighted by molar-refractivity contribution is 5.38. The molecule has 0 aliphatic carbocycles. The Kier molecular flexibility index (Phi) is 5.09. The maximum atomic E-state index is 13.6. The molecule has 1 aromatic heterocycles. The highest BCUT2D eigenvalue weighted by Crippen LogP contribution is 2.44. The number of phenolic OH excluding ortho intramolecular Hbond substituents is 1. The number of hydrogen-bond acceptors (Lipinski definition) is 3. The van der Waals surface area contributed by atoms with Crippen LogP contribution in [0.5, 0.6) is 5.75 Å². The zero-order valence-corrected chi connectivity index (χ0v) is 13.8. The average Bonchev–Trinajstić information content (AvgIpc) is 2.49. The van der Waals surface area contributed by atoms with E-state index in [4.69, 9.17) is 0 Å². The molecule has 3 nitrogen and oxygen atoms in total. The maximum absolute atomic E-state index is 13.6. The number of rotatable bonds is 5. The molecule has 0 radical (unpaired) electrons. The topological polar surface area (TPSA) is 53.4 Å². The van der Waals surface area contributed by atoms with Crippen LogP contribution in [0.15, 0.2) is 42.6 Å². The van der Waals surface area contributed by atoms with Crippen molar-refractivity contribution in [2.24, 2.45) is 0 Å². The van der Waals surface area contributed by atoms with Crippen LogP contribution in [0.4, 0.5) is 17.6 Å². The molecule has 0 saturated carbocycles. The minimum atomic E-state index is -4.93. The predicted octanol–water partition coefficient (Wildman–Crippen LogP) is 4.13. The second-order valence-corrected chi connectivity index (χ2v) is 6.75. The molecular weight excluding hydrogens is 338 g/mol. The molecule has 0 spiro atoms. The van der Waals surface area contributed by atoms with Crippen LogP contribution in [0.3, 0.4) is 0 Å². The third kappa shape index (κ3) is 4.28. The molecule has 136 valence electrons. The van der Waals surface area contributed by atoms with Gasteiger partial charge in [0.2, 0.25) is 0 Å². The molecule has 0 bridgehead atoms. The van der Waals surface area contributed by atoms with E-state index in [9.17, 15) is 27.8 Å². The quantitative estimate of drug-likeness (QED) is 0.791. The van der Waals surface area contributed by atoms with Crippen LogP contribution in [0.1, 0.15) is 31.5 Å². The zero-order valence-electron chi connectivity index (χ0n) is 13.8. The van der Waals surface area contributed by atoms with Crippen molar-refractivity contribution in [2.75, 3.05) is 0 Å². The largest absolute Gasteiger partial charge is 0.508 e. The van der Waals surface area contributed by atoms with Gasteiger partial charge in [-0.25, -0.2) is 4.39 Å². The van der Waals surface area contributed by atoms with Crippen LogP contribution in [0.2, 0.25) is 0 Å². The van der Waals surface area contributed by atoms with Crippen molar-refractivity contribution < 1.29 is 27.8 Å². The second kappa shape index (κ2) is 6.63. The Bertz CT molecular complexity index is 732. The first kappa shape index (κ1) is 19.2. The minimum Gasteiger partial charge on any atom is -0.508 e. The molecule has 0 aliphatic rings. The van der Waals surface area contributed by atoms with E-state index in [1.165, 1.54) is 32.2 Å². The fourth-order valence-corrected chi connectivity index (χ4v) is 2.94. The molecule has 1 heterocycles. The zero-order chi connectivity index (χ0) is 18.9. The summed E-state index contributed by atoms with van der Waals surface area (Å²) in [6, 6.07) is 7.56. The van der Waals surface area contributed by atoms with Crippen molar-refractivity contribution in [3.63, 3.8) is 0 Å². The smallest absolute Gasteiger partial charge is 0.417 e. The van der Waals surface area contributed by atoms with E-state index in [0.717, 1.165) is 18.2 Å². The summed E-state index contributed by atoms with van der Waals surface area (Å²) in [4.78, 5) is 3.84. The van der Waals surface area contributed by atoms with E-state index in [0.29, 0.717) is 0 Å². The Balaban J connectivity index is 2.40. The molecule has 25 heavy (non-hydrogen) atoms. The van der Waals surface area contributed by atoms with Gasteiger partial charge < -0.3 is 10.2 Å². The summed E-state index contributed by atoms with van der Waals surface area (Å²) in [5, 5.41) is 20.3. The van der Waals surface area contributed by atoms with E-state index in [1.54, 1.807) is 6.07 Å². The van der Waals surface area contributed by atoms with Crippen LogP contribution in [0.25, 0.3) is 0 Å². The van der Waals surface area contributed by atoms with E-state index in [-0.39, 0.29) is 17.0 Å². The molecule has 1 atom stereocenters. The summed E-state index contributed by atoms with van der Waals surface area (Å²) in [6.45, 7) is 2.83. The van der Waals surface area contributed by atoms with Crippen molar-refractivity contribution in [3.05, 3.63) is 59.7 Å². The molecule has 1 unspecified atom stereocenters. The Labute approximate surface area is 143 Å². The lowest BCUT2D eigenvalue weighted by molar-refractivity contribution is -0.266. The van der Waals surface area contributed by atoms with E-state index in [1.807, 2.05) is 0 Å². The third-order valence-corrected chi connectivity index (χ3v) is 4.15. The van der Waals surface area contributed by atoms with Crippen LogP contribution in [-0.2, 0) is 11.8 Å². The fraction of sp³-hybridized carbons (Fsp3) is 0.389. The third-order valence-electron chi connectivity index (χ3n) is 4.15. The van der Waals surface area contributed by atoms with Crippen molar-refractivity contribution in [3.8, 4) is 5.75 Å². The molecule has 7 heteroatoms.